The van der Waals surface area contributed by atoms with Crippen molar-refractivity contribution in [3.05, 3.63) is 64.7 Å². The summed E-state index contributed by atoms with van der Waals surface area (Å²) in [6.45, 7) is 0.623. The lowest BCUT2D eigenvalue weighted by atomic mass is 10.0. The van der Waals surface area contributed by atoms with E-state index in [1.807, 2.05) is 18.2 Å². The van der Waals surface area contributed by atoms with Crippen molar-refractivity contribution in [3.8, 4) is 0 Å². The van der Waals surface area contributed by atoms with E-state index in [1.54, 1.807) is 11.0 Å². The highest BCUT2D eigenvalue weighted by Crippen LogP contribution is 2.34. The molecule has 1 saturated heterocycles. The predicted molar refractivity (Wildman–Crippen MR) is 78.7 cm³/mol. The van der Waals surface area contributed by atoms with Crippen LogP contribution < -0.4 is 0 Å². The Morgan fingerprint density at radius 3 is 3.00 bits per heavy atom. The molecule has 108 valence electrons. The highest BCUT2D eigenvalue weighted by Gasteiger charge is 2.31. The van der Waals surface area contributed by atoms with E-state index in [4.69, 9.17) is 11.6 Å². The van der Waals surface area contributed by atoms with Crippen molar-refractivity contribution in [1.82, 2.24) is 9.88 Å². The molecular formula is C16H14ClFN2O. The summed E-state index contributed by atoms with van der Waals surface area (Å²) in [5.41, 5.74) is 1.06. The van der Waals surface area contributed by atoms with Crippen molar-refractivity contribution in [2.75, 3.05) is 6.54 Å². The van der Waals surface area contributed by atoms with E-state index in [9.17, 15) is 9.18 Å². The zero-order valence-corrected chi connectivity index (χ0v) is 12.1. The number of rotatable bonds is 2. The van der Waals surface area contributed by atoms with Gasteiger partial charge in [0, 0.05) is 17.8 Å². The number of likely N-dealkylation sites (tertiary alicyclic amines) is 1. The smallest absolute Gasteiger partial charge is 0.257 e. The maximum absolute atomic E-state index is 13.8. The number of carbonyl (C=O) groups is 1. The molecule has 0 bridgehead atoms. The summed E-state index contributed by atoms with van der Waals surface area (Å²) in [6.07, 6.45) is 4.26. The minimum atomic E-state index is -0.584. The van der Waals surface area contributed by atoms with Crippen molar-refractivity contribution in [1.29, 1.82) is 0 Å². The molecule has 0 N–H and O–H groups in total. The first-order chi connectivity index (χ1) is 10.2. The molecule has 0 aliphatic carbocycles. The maximum Gasteiger partial charge on any atom is 0.257 e. The summed E-state index contributed by atoms with van der Waals surface area (Å²) in [5.74, 6) is -0.878. The number of aromatic nitrogens is 1. The van der Waals surface area contributed by atoms with E-state index >= 15 is 0 Å². The normalized spacial score (nSPS) is 18.0. The van der Waals surface area contributed by atoms with Crippen LogP contribution >= 0.6 is 11.6 Å². The summed E-state index contributed by atoms with van der Waals surface area (Å²) < 4.78 is 13.8. The second-order valence-corrected chi connectivity index (χ2v) is 5.50. The summed E-state index contributed by atoms with van der Waals surface area (Å²) in [4.78, 5) is 18.0. The molecule has 1 aromatic carbocycles. The third-order valence-corrected chi connectivity index (χ3v) is 3.99. The number of amides is 1. The van der Waals surface area contributed by atoms with Crippen molar-refractivity contribution in [2.45, 2.75) is 18.9 Å². The molecule has 5 heteroatoms. The highest BCUT2D eigenvalue weighted by molar-refractivity contribution is 6.30. The fraction of sp³-hybridized carbons (Fsp3) is 0.250. The summed E-state index contributed by atoms with van der Waals surface area (Å²) in [5, 5.41) is 0.641. The van der Waals surface area contributed by atoms with Gasteiger partial charge >= 0.3 is 0 Å². The van der Waals surface area contributed by atoms with Crippen LogP contribution in [0.2, 0.25) is 5.02 Å². The van der Waals surface area contributed by atoms with Crippen LogP contribution in [-0.4, -0.2) is 22.3 Å². The molecule has 0 spiro atoms. The third-order valence-electron chi connectivity index (χ3n) is 3.75. The van der Waals surface area contributed by atoms with Gasteiger partial charge in [0.15, 0.2) is 5.82 Å². The minimum Gasteiger partial charge on any atom is -0.332 e. The first-order valence-electron chi connectivity index (χ1n) is 6.83. The summed E-state index contributed by atoms with van der Waals surface area (Å²) >= 11 is 6.02. The third kappa shape index (κ3) is 2.76. The van der Waals surface area contributed by atoms with Crippen LogP contribution in [0.3, 0.4) is 0 Å². The molecule has 0 radical (unpaired) electrons. The minimum absolute atomic E-state index is 0.0521. The Morgan fingerprint density at radius 1 is 1.38 bits per heavy atom. The van der Waals surface area contributed by atoms with E-state index in [-0.39, 0.29) is 17.5 Å². The van der Waals surface area contributed by atoms with Crippen LogP contribution in [0.4, 0.5) is 4.39 Å². The average Bonchev–Trinajstić information content (AvgIpc) is 2.96. The number of hydrogen-bond acceptors (Lipinski definition) is 2. The van der Waals surface area contributed by atoms with Crippen LogP contribution in [0.5, 0.6) is 0 Å². The Morgan fingerprint density at radius 2 is 2.24 bits per heavy atom. The van der Waals surface area contributed by atoms with Gasteiger partial charge in [-0.3, -0.25) is 9.78 Å². The van der Waals surface area contributed by atoms with Crippen molar-refractivity contribution in [2.24, 2.45) is 0 Å². The lowest BCUT2D eigenvalue weighted by molar-refractivity contribution is 0.0730. The Labute approximate surface area is 127 Å². The largest absolute Gasteiger partial charge is 0.332 e. The topological polar surface area (TPSA) is 33.2 Å². The Kier molecular flexibility index (Phi) is 3.88. The molecule has 1 aliphatic rings. The Hall–Kier alpha value is -1.94. The average molecular weight is 305 g/mol. The SMILES string of the molecule is O=C(c1ccncc1F)N1CCCC1c1cccc(Cl)c1. The highest BCUT2D eigenvalue weighted by atomic mass is 35.5. The van der Waals surface area contributed by atoms with Gasteiger partial charge in [0.2, 0.25) is 0 Å². The van der Waals surface area contributed by atoms with E-state index in [2.05, 4.69) is 4.98 Å². The van der Waals surface area contributed by atoms with Crippen LogP contribution in [-0.2, 0) is 0 Å². The number of nitrogens with zero attached hydrogens (tertiary/aromatic N) is 2. The first-order valence-corrected chi connectivity index (χ1v) is 7.20. The van der Waals surface area contributed by atoms with Gasteiger partial charge < -0.3 is 4.90 Å². The van der Waals surface area contributed by atoms with Gasteiger partial charge in [-0.1, -0.05) is 23.7 Å². The van der Waals surface area contributed by atoms with Crippen molar-refractivity contribution < 1.29 is 9.18 Å². The van der Waals surface area contributed by atoms with Gasteiger partial charge in [0.05, 0.1) is 17.8 Å². The number of pyridine rings is 1. The molecule has 1 fully saturated rings. The molecule has 21 heavy (non-hydrogen) atoms. The summed E-state index contributed by atoms with van der Waals surface area (Å²) in [7, 11) is 0. The van der Waals surface area contributed by atoms with Crippen LogP contribution in [0.15, 0.2) is 42.7 Å². The van der Waals surface area contributed by atoms with Gasteiger partial charge in [-0.15, -0.1) is 0 Å². The molecule has 1 aliphatic heterocycles. The molecule has 1 amide bonds. The second kappa shape index (κ2) is 5.82. The van der Waals surface area contributed by atoms with E-state index < -0.39 is 5.82 Å². The van der Waals surface area contributed by atoms with E-state index in [0.717, 1.165) is 24.6 Å². The van der Waals surface area contributed by atoms with Crippen LogP contribution in [0.1, 0.15) is 34.8 Å². The zero-order chi connectivity index (χ0) is 14.8. The Bertz CT molecular complexity index is 677. The number of carbonyl (C=O) groups excluding carboxylic acids is 1. The van der Waals surface area contributed by atoms with Crippen molar-refractivity contribution >= 4 is 17.5 Å². The zero-order valence-electron chi connectivity index (χ0n) is 11.3. The van der Waals surface area contributed by atoms with Gasteiger partial charge in [0.1, 0.15) is 0 Å². The molecule has 1 aromatic heterocycles. The summed E-state index contributed by atoms with van der Waals surface area (Å²) in [6, 6.07) is 8.85. The maximum atomic E-state index is 13.8. The number of benzene rings is 1. The second-order valence-electron chi connectivity index (χ2n) is 5.07. The number of hydrogen-bond donors (Lipinski definition) is 0. The number of halogens is 2. The van der Waals surface area contributed by atoms with Gasteiger partial charge in [0.25, 0.3) is 5.91 Å². The molecule has 1 atom stereocenters. The quantitative estimate of drug-likeness (QED) is 0.844. The van der Waals surface area contributed by atoms with Gasteiger partial charge in [-0.25, -0.2) is 4.39 Å². The molecule has 3 rings (SSSR count). The molecular weight excluding hydrogens is 291 g/mol. The fourth-order valence-electron chi connectivity index (χ4n) is 2.77. The standard InChI is InChI=1S/C16H14ClFN2O/c17-12-4-1-3-11(9-12)15-5-2-8-20(15)16(21)13-6-7-19-10-14(13)18/h1,3-4,6-7,9-10,15H,2,5,8H2. The molecule has 1 unspecified atom stereocenters. The van der Waals surface area contributed by atoms with E-state index in [1.165, 1.54) is 12.3 Å². The lowest BCUT2D eigenvalue weighted by Gasteiger charge is -2.25. The Balaban J connectivity index is 1.91. The van der Waals surface area contributed by atoms with Crippen LogP contribution in [0, 0.1) is 5.82 Å². The monoisotopic (exact) mass is 304 g/mol. The van der Waals surface area contributed by atoms with Gasteiger partial charge in [-0.2, -0.15) is 0 Å². The lowest BCUT2D eigenvalue weighted by Crippen LogP contribution is -2.31. The van der Waals surface area contributed by atoms with Crippen LogP contribution in [0.25, 0.3) is 0 Å². The first kappa shape index (κ1) is 14.0. The van der Waals surface area contributed by atoms with Crippen molar-refractivity contribution in [3.63, 3.8) is 0 Å². The van der Waals surface area contributed by atoms with Gasteiger partial charge in [-0.05, 0) is 36.6 Å². The fourth-order valence-corrected chi connectivity index (χ4v) is 2.97. The molecule has 0 saturated carbocycles. The van der Waals surface area contributed by atoms with E-state index in [0.29, 0.717) is 11.6 Å². The molecule has 2 heterocycles. The molecule has 3 nitrogen and oxygen atoms in total. The molecule has 2 aromatic rings. The predicted octanol–water partition coefficient (Wildman–Crippen LogP) is 3.85.